The summed E-state index contributed by atoms with van der Waals surface area (Å²) in [6.45, 7) is 2.88. The SMILES string of the molecule is CC(O)[Te](=O)C(C)O. The van der Waals surface area contributed by atoms with Crippen LogP contribution in [0.4, 0.5) is 0 Å². The van der Waals surface area contributed by atoms with Crippen molar-refractivity contribution in [2.45, 2.75) is 22.2 Å². The maximum absolute atomic E-state index is 10.6. The molecular formula is C4H10O3Te. The summed E-state index contributed by atoms with van der Waals surface area (Å²) in [5.74, 6) is 0. The molecule has 0 aromatic heterocycles. The summed E-state index contributed by atoms with van der Waals surface area (Å²) >= 11 is -2.76. The van der Waals surface area contributed by atoms with Crippen LogP contribution in [0.1, 0.15) is 13.8 Å². The van der Waals surface area contributed by atoms with Crippen LogP contribution in [-0.4, -0.2) is 38.1 Å². The van der Waals surface area contributed by atoms with Crippen molar-refractivity contribution in [3.63, 3.8) is 0 Å². The minimum absolute atomic E-state index is 0.793. The van der Waals surface area contributed by atoms with Crippen LogP contribution in [0.5, 0.6) is 0 Å². The number of aliphatic hydroxyl groups excluding tert-OH is 2. The van der Waals surface area contributed by atoms with Crippen LogP contribution < -0.4 is 0 Å². The van der Waals surface area contributed by atoms with Crippen LogP contribution in [0.3, 0.4) is 0 Å². The van der Waals surface area contributed by atoms with Gasteiger partial charge in [-0.2, -0.15) is 0 Å². The van der Waals surface area contributed by atoms with E-state index in [4.69, 9.17) is 10.2 Å². The van der Waals surface area contributed by atoms with E-state index in [2.05, 4.69) is 0 Å². The van der Waals surface area contributed by atoms with E-state index in [0.717, 1.165) is 0 Å². The van der Waals surface area contributed by atoms with Gasteiger partial charge in [0.05, 0.1) is 0 Å². The number of rotatable bonds is 2. The molecule has 0 heterocycles. The first-order valence-corrected chi connectivity index (χ1v) is 5.95. The maximum atomic E-state index is 10.6. The molecule has 0 aromatic carbocycles. The molecule has 0 amide bonds. The standard InChI is InChI=1S/C4H10O3Te/c1-3(5)8(7)4(2)6/h3-6H,1-2H3. The van der Waals surface area contributed by atoms with E-state index < -0.39 is 27.8 Å². The van der Waals surface area contributed by atoms with Gasteiger partial charge >= 0.3 is 55.0 Å². The third-order valence-corrected chi connectivity index (χ3v) is 4.51. The van der Waals surface area contributed by atoms with Gasteiger partial charge in [-0.1, -0.05) is 0 Å². The molecule has 0 aliphatic heterocycles. The van der Waals surface area contributed by atoms with Crippen LogP contribution in [0.2, 0.25) is 0 Å². The molecule has 2 atom stereocenters. The molecule has 2 unspecified atom stereocenters. The van der Waals surface area contributed by atoms with Gasteiger partial charge in [-0.15, -0.1) is 0 Å². The van der Waals surface area contributed by atoms with Crippen LogP contribution in [0.25, 0.3) is 0 Å². The number of hydrogen-bond donors (Lipinski definition) is 2. The number of hydrogen-bond acceptors (Lipinski definition) is 3. The molecule has 0 saturated heterocycles. The Morgan fingerprint density at radius 3 is 1.50 bits per heavy atom. The molecule has 50 valence electrons. The zero-order chi connectivity index (χ0) is 6.73. The van der Waals surface area contributed by atoms with E-state index in [0.29, 0.717) is 0 Å². The second-order valence-electron chi connectivity index (χ2n) is 1.53. The molecule has 0 saturated carbocycles. The summed E-state index contributed by atoms with van der Waals surface area (Å²) in [6, 6.07) is 0. The molecule has 0 fully saturated rings. The normalized spacial score (nSPS) is 18.6. The summed E-state index contributed by atoms with van der Waals surface area (Å²) in [5.41, 5.74) is 0. The summed E-state index contributed by atoms with van der Waals surface area (Å²) in [7, 11) is 0. The van der Waals surface area contributed by atoms with E-state index in [1.54, 1.807) is 0 Å². The molecule has 3 nitrogen and oxygen atoms in total. The molecule has 2 N–H and O–H groups in total. The van der Waals surface area contributed by atoms with Crippen LogP contribution >= 0.6 is 0 Å². The zero-order valence-electron chi connectivity index (χ0n) is 4.87. The van der Waals surface area contributed by atoms with Gasteiger partial charge in [-0.05, 0) is 0 Å². The van der Waals surface area contributed by atoms with Crippen LogP contribution in [-0.2, 0) is 3.10 Å². The van der Waals surface area contributed by atoms with Gasteiger partial charge in [-0.3, -0.25) is 0 Å². The molecule has 8 heavy (non-hydrogen) atoms. The van der Waals surface area contributed by atoms with Crippen molar-refractivity contribution in [3.05, 3.63) is 0 Å². The Hall–Kier alpha value is 0.510. The Morgan fingerprint density at radius 2 is 1.50 bits per heavy atom. The van der Waals surface area contributed by atoms with E-state index in [1.807, 2.05) is 0 Å². The second-order valence-corrected chi connectivity index (χ2v) is 7.30. The Balaban J connectivity index is 3.65. The fourth-order valence-electron chi connectivity index (χ4n) is 0.285. The molecule has 0 spiro atoms. The summed E-state index contributed by atoms with van der Waals surface area (Å²) in [6.07, 6.45) is 0. The average molecular weight is 234 g/mol. The van der Waals surface area contributed by atoms with Gasteiger partial charge in [0.25, 0.3) is 0 Å². The van der Waals surface area contributed by atoms with Gasteiger partial charge < -0.3 is 0 Å². The molecular weight excluding hydrogens is 224 g/mol. The van der Waals surface area contributed by atoms with Crippen molar-refractivity contribution in [2.24, 2.45) is 0 Å². The van der Waals surface area contributed by atoms with Crippen LogP contribution in [0, 0.1) is 0 Å². The van der Waals surface area contributed by atoms with Crippen molar-refractivity contribution in [1.82, 2.24) is 0 Å². The predicted octanol–water partition coefficient (Wildman–Crippen LogP) is -0.752. The molecule has 0 aromatic rings. The molecule has 0 aliphatic rings. The van der Waals surface area contributed by atoms with Crippen molar-refractivity contribution in [2.75, 3.05) is 0 Å². The Bertz CT molecular complexity index is 79.3. The topological polar surface area (TPSA) is 57.5 Å². The Kier molecular flexibility index (Phi) is 3.74. The van der Waals surface area contributed by atoms with Gasteiger partial charge in [0.2, 0.25) is 0 Å². The van der Waals surface area contributed by atoms with Gasteiger partial charge in [0.1, 0.15) is 0 Å². The van der Waals surface area contributed by atoms with Crippen molar-refractivity contribution < 1.29 is 13.3 Å². The van der Waals surface area contributed by atoms with E-state index in [1.165, 1.54) is 13.8 Å². The molecule has 0 radical (unpaired) electrons. The Labute approximate surface area is 55.3 Å². The van der Waals surface area contributed by atoms with E-state index >= 15 is 0 Å². The third-order valence-electron chi connectivity index (χ3n) is 0.672. The molecule has 0 bridgehead atoms. The molecule has 0 aliphatic carbocycles. The van der Waals surface area contributed by atoms with Gasteiger partial charge in [0.15, 0.2) is 0 Å². The minimum atomic E-state index is -2.76. The second kappa shape index (κ2) is 3.52. The van der Waals surface area contributed by atoms with Gasteiger partial charge in [0, 0.05) is 0 Å². The molecule has 4 heteroatoms. The van der Waals surface area contributed by atoms with E-state index in [-0.39, 0.29) is 0 Å². The molecule has 0 rings (SSSR count). The van der Waals surface area contributed by atoms with Crippen molar-refractivity contribution >= 4 is 19.5 Å². The first kappa shape index (κ1) is 8.51. The van der Waals surface area contributed by atoms with E-state index in [9.17, 15) is 3.10 Å². The quantitative estimate of drug-likeness (QED) is 0.617. The van der Waals surface area contributed by atoms with Gasteiger partial charge in [-0.25, -0.2) is 0 Å². The summed E-state index contributed by atoms with van der Waals surface area (Å²) < 4.78 is 9.01. The fraction of sp³-hybridized carbons (Fsp3) is 1.00. The predicted molar refractivity (Wildman–Crippen MR) is 29.8 cm³/mol. The van der Waals surface area contributed by atoms with Crippen LogP contribution in [0.15, 0.2) is 0 Å². The third kappa shape index (κ3) is 2.73. The first-order chi connectivity index (χ1) is 3.55. The Morgan fingerprint density at radius 1 is 1.25 bits per heavy atom. The summed E-state index contributed by atoms with van der Waals surface area (Å²) in [4.78, 5) is 0. The fourth-order valence-corrected chi connectivity index (χ4v) is 1.91. The number of aliphatic hydroxyl groups is 2. The van der Waals surface area contributed by atoms with Crippen molar-refractivity contribution in [1.29, 1.82) is 0 Å². The average Bonchev–Trinajstić information content (AvgIpc) is 1.64. The van der Waals surface area contributed by atoms with Crippen molar-refractivity contribution in [3.8, 4) is 0 Å². The summed E-state index contributed by atoms with van der Waals surface area (Å²) in [5, 5.41) is 17.2. The monoisotopic (exact) mass is 236 g/mol. The first-order valence-electron chi connectivity index (χ1n) is 2.31. The zero-order valence-corrected chi connectivity index (χ0v) is 7.20.